The number of halogens is 2. The van der Waals surface area contributed by atoms with Gasteiger partial charge in [-0.3, -0.25) is 9.98 Å². The second kappa shape index (κ2) is 25.3. The lowest BCUT2D eigenvalue weighted by Gasteiger charge is -2.14. The molecule has 4 aromatic rings. The van der Waals surface area contributed by atoms with Gasteiger partial charge in [-0.1, -0.05) is 35.4 Å². The molecule has 0 saturated carbocycles. The van der Waals surface area contributed by atoms with Crippen LogP contribution in [0.25, 0.3) is 0 Å². The number of nitrogens with zero attached hydrogens (tertiary/aromatic N) is 2. The van der Waals surface area contributed by atoms with Crippen molar-refractivity contribution in [3.8, 4) is 34.5 Å². The summed E-state index contributed by atoms with van der Waals surface area (Å²) in [5, 5.41) is 23.5. The minimum absolute atomic E-state index is 0.00259. The predicted octanol–water partition coefficient (Wildman–Crippen LogP) is 7.89. The zero-order valence-electron chi connectivity index (χ0n) is 34.5. The molecular formula is C46H52Cl2N2O12. The van der Waals surface area contributed by atoms with Crippen LogP contribution in [0.4, 0.5) is 11.4 Å². The molecule has 0 spiro atoms. The van der Waals surface area contributed by atoms with Crippen LogP contribution in [0.3, 0.4) is 0 Å². The van der Waals surface area contributed by atoms with Gasteiger partial charge in [0.25, 0.3) is 0 Å². The molecular weight excluding hydrogens is 843 g/mol. The lowest BCUT2D eigenvalue weighted by molar-refractivity contribution is 0.00708. The summed E-state index contributed by atoms with van der Waals surface area (Å²) in [4.78, 5) is 9.21. The Morgan fingerprint density at radius 3 is 1.15 bits per heavy atom. The van der Waals surface area contributed by atoms with Crippen LogP contribution >= 0.6 is 23.2 Å². The van der Waals surface area contributed by atoms with Gasteiger partial charge in [0, 0.05) is 56.9 Å². The van der Waals surface area contributed by atoms with Crippen molar-refractivity contribution < 1.29 is 57.6 Å². The zero-order chi connectivity index (χ0) is 43.4. The summed E-state index contributed by atoms with van der Waals surface area (Å²) in [7, 11) is 0. The first-order chi connectivity index (χ1) is 30.3. The molecule has 0 saturated heterocycles. The van der Waals surface area contributed by atoms with Crippen LogP contribution in [0.5, 0.6) is 34.5 Å². The number of aromatic hydroxyl groups is 2. The fourth-order valence-corrected chi connectivity index (χ4v) is 6.76. The molecule has 14 nitrogen and oxygen atoms in total. The molecule has 6 rings (SSSR count). The van der Waals surface area contributed by atoms with Gasteiger partial charge < -0.3 is 57.6 Å². The van der Waals surface area contributed by atoms with Gasteiger partial charge in [0.05, 0.1) is 90.7 Å². The molecule has 62 heavy (non-hydrogen) atoms. The van der Waals surface area contributed by atoms with Crippen LogP contribution in [0.15, 0.2) is 82.8 Å². The molecule has 2 aliphatic heterocycles. The third-order valence-corrected chi connectivity index (χ3v) is 9.67. The summed E-state index contributed by atoms with van der Waals surface area (Å²) in [6.45, 7) is 10.8. The number of hydrogen-bond donors (Lipinski definition) is 2. The fourth-order valence-electron chi connectivity index (χ4n) is 6.26. The highest BCUT2D eigenvalue weighted by molar-refractivity contribution is 6.31. The van der Waals surface area contributed by atoms with Gasteiger partial charge >= 0.3 is 0 Å². The Morgan fingerprint density at radius 1 is 0.468 bits per heavy atom. The second-order valence-electron chi connectivity index (χ2n) is 14.0. The smallest absolute Gasteiger partial charge is 0.163 e. The SMILES string of the molecule is C=C(Cc1cc(Cl)cc(C=Nc2ccc3c(c2)OCCOCCOCCOCCO3)c1O)Cc1cc(Cl)cc(C=Nc2ccc3c(c2)OCCOCCOCCOCCO3)c1O. The van der Waals surface area contributed by atoms with E-state index in [4.69, 9.17) is 70.6 Å². The highest BCUT2D eigenvalue weighted by atomic mass is 35.5. The third kappa shape index (κ3) is 15.2. The highest BCUT2D eigenvalue weighted by Gasteiger charge is 2.15. The molecule has 0 atom stereocenters. The number of aliphatic imine (C=N–C) groups is 2. The Balaban J connectivity index is 1.11. The maximum atomic E-state index is 11.4. The summed E-state index contributed by atoms with van der Waals surface area (Å²) < 4.78 is 57.0. The van der Waals surface area contributed by atoms with E-state index >= 15 is 0 Å². The number of fused-ring (bicyclic) bond motifs is 2. The minimum Gasteiger partial charge on any atom is -0.507 e. The monoisotopic (exact) mass is 894 g/mol. The predicted molar refractivity (Wildman–Crippen MR) is 237 cm³/mol. The van der Waals surface area contributed by atoms with Crippen molar-refractivity contribution in [2.45, 2.75) is 12.8 Å². The summed E-state index contributed by atoms with van der Waals surface area (Å²) >= 11 is 13.1. The van der Waals surface area contributed by atoms with Crippen LogP contribution in [0.2, 0.25) is 10.0 Å². The van der Waals surface area contributed by atoms with E-state index < -0.39 is 0 Å². The van der Waals surface area contributed by atoms with Gasteiger partial charge in [0.2, 0.25) is 0 Å². The van der Waals surface area contributed by atoms with E-state index in [1.54, 1.807) is 60.7 Å². The van der Waals surface area contributed by atoms with Crippen LogP contribution in [0.1, 0.15) is 22.3 Å². The van der Waals surface area contributed by atoms with E-state index in [-0.39, 0.29) is 24.3 Å². The first kappa shape index (κ1) is 46.6. The quantitative estimate of drug-likeness (QED) is 0.130. The first-order valence-corrected chi connectivity index (χ1v) is 21.1. The first-order valence-electron chi connectivity index (χ1n) is 20.4. The number of benzene rings is 4. The lowest BCUT2D eigenvalue weighted by Crippen LogP contribution is -2.13. The number of phenols is 2. The number of ether oxygens (including phenoxy) is 10. The summed E-state index contributed by atoms with van der Waals surface area (Å²) in [6, 6.07) is 17.2. The number of rotatable bonds is 8. The van der Waals surface area contributed by atoms with Crippen molar-refractivity contribution in [1.29, 1.82) is 0 Å². The normalized spacial score (nSPS) is 16.8. The van der Waals surface area contributed by atoms with Gasteiger partial charge in [0.1, 0.15) is 37.9 Å². The molecule has 0 bridgehead atoms. The van der Waals surface area contributed by atoms with Gasteiger partial charge in [-0.25, -0.2) is 0 Å². The second-order valence-corrected chi connectivity index (χ2v) is 14.8. The fraction of sp³-hybridized carbons (Fsp3) is 0.391. The number of phenolic OH excluding ortho intramolecular Hbond substituents is 2. The van der Waals surface area contributed by atoms with Gasteiger partial charge in [0.15, 0.2) is 23.0 Å². The van der Waals surface area contributed by atoms with E-state index in [0.29, 0.717) is 178 Å². The molecule has 2 N–H and O–H groups in total. The summed E-state index contributed by atoms with van der Waals surface area (Å²) in [6.07, 6.45) is 3.58. The van der Waals surface area contributed by atoms with Crippen LogP contribution in [-0.4, -0.2) is 128 Å². The molecule has 2 aliphatic rings. The van der Waals surface area contributed by atoms with Gasteiger partial charge in [-0.15, -0.1) is 0 Å². The maximum Gasteiger partial charge on any atom is 0.163 e. The van der Waals surface area contributed by atoms with Crippen LogP contribution in [0, 0.1) is 0 Å². The van der Waals surface area contributed by atoms with Gasteiger partial charge in [-0.2, -0.15) is 0 Å². The zero-order valence-corrected chi connectivity index (χ0v) is 36.0. The average Bonchev–Trinajstić information content (AvgIpc) is 3.27. The Kier molecular flexibility index (Phi) is 19.0. The Morgan fingerprint density at radius 2 is 0.790 bits per heavy atom. The number of hydrogen-bond acceptors (Lipinski definition) is 14. The Bertz CT molecular complexity index is 1990. The molecule has 0 fully saturated rings. The van der Waals surface area contributed by atoms with Crippen LogP contribution < -0.4 is 18.9 Å². The maximum absolute atomic E-state index is 11.4. The summed E-state index contributed by atoms with van der Waals surface area (Å²) in [5.41, 5.74) is 3.71. The Labute approximate surface area is 371 Å². The minimum atomic E-state index is -0.00259. The van der Waals surface area contributed by atoms with E-state index in [1.807, 2.05) is 0 Å². The molecule has 16 heteroatoms. The highest BCUT2D eigenvalue weighted by Crippen LogP contribution is 2.36. The molecule has 0 radical (unpaired) electrons. The van der Waals surface area contributed by atoms with E-state index in [2.05, 4.69) is 16.6 Å². The molecule has 0 unspecified atom stereocenters. The Hall–Kier alpha value is -4.90. The van der Waals surface area contributed by atoms with Crippen molar-refractivity contribution in [3.63, 3.8) is 0 Å². The molecule has 0 aliphatic carbocycles. The number of allylic oxidation sites excluding steroid dienone is 1. The lowest BCUT2D eigenvalue weighted by atomic mass is 9.96. The van der Waals surface area contributed by atoms with Crippen molar-refractivity contribution in [1.82, 2.24) is 0 Å². The van der Waals surface area contributed by atoms with E-state index in [0.717, 1.165) is 0 Å². The molecule has 0 aromatic heterocycles. The molecule has 0 amide bonds. The van der Waals surface area contributed by atoms with Crippen molar-refractivity contribution in [2.24, 2.45) is 9.98 Å². The standard InChI is InChI=1S/C46H52Cl2N2O12/c1-32(22-33-24-37(47)26-35(45(33)51)30-49-39-2-4-41-43(28-39)61-20-16-57-12-8-53-6-10-55-14-18-59-41)23-34-25-38(48)27-36(46(34)52)31-50-40-3-5-42-44(29-40)62-21-17-58-13-9-54-7-11-56-15-19-60-42/h2-5,24-31,51-52H,1,6-23H2. The molecule has 2 heterocycles. The molecule has 4 aromatic carbocycles. The van der Waals surface area contributed by atoms with E-state index in [9.17, 15) is 10.2 Å². The average molecular weight is 896 g/mol. The topological polar surface area (TPSA) is 157 Å². The molecule has 332 valence electrons. The van der Waals surface area contributed by atoms with Crippen molar-refractivity contribution in [2.75, 3.05) is 106 Å². The van der Waals surface area contributed by atoms with Gasteiger partial charge in [-0.05, 0) is 61.4 Å². The van der Waals surface area contributed by atoms with Crippen molar-refractivity contribution in [3.05, 3.63) is 105 Å². The largest absolute Gasteiger partial charge is 0.507 e. The van der Waals surface area contributed by atoms with Crippen molar-refractivity contribution >= 4 is 47.0 Å². The van der Waals surface area contributed by atoms with E-state index in [1.165, 1.54) is 12.4 Å². The van der Waals surface area contributed by atoms with Crippen LogP contribution in [-0.2, 0) is 41.3 Å². The summed E-state index contributed by atoms with van der Waals surface area (Å²) in [5.74, 6) is 2.07. The third-order valence-electron chi connectivity index (χ3n) is 9.24.